The van der Waals surface area contributed by atoms with Crippen LogP contribution in [0.2, 0.25) is 0 Å². The van der Waals surface area contributed by atoms with Gasteiger partial charge in [-0.1, -0.05) is 6.07 Å². The van der Waals surface area contributed by atoms with E-state index < -0.39 is 0 Å². The third kappa shape index (κ3) is 1.93. The van der Waals surface area contributed by atoms with Crippen LogP contribution in [-0.4, -0.2) is 24.3 Å². The van der Waals surface area contributed by atoms with Crippen LogP contribution in [-0.2, 0) is 0 Å². The highest BCUT2D eigenvalue weighted by Crippen LogP contribution is 2.39. The Morgan fingerprint density at radius 2 is 1.75 bits per heavy atom. The van der Waals surface area contributed by atoms with E-state index in [9.17, 15) is 5.11 Å². The first-order valence-electron chi connectivity index (χ1n) is 6.04. The molecule has 0 fully saturated rings. The van der Waals surface area contributed by atoms with Gasteiger partial charge >= 0.3 is 0 Å². The number of nitrogens with zero attached hydrogens (tertiary/aromatic N) is 1. The molecule has 20 heavy (non-hydrogen) atoms. The molecule has 0 spiro atoms. The van der Waals surface area contributed by atoms with Crippen LogP contribution in [0.3, 0.4) is 0 Å². The molecule has 0 atom stereocenters. The van der Waals surface area contributed by atoms with Crippen LogP contribution in [0.1, 0.15) is 0 Å². The molecule has 3 aromatic rings. The molecule has 0 radical (unpaired) electrons. The van der Waals surface area contributed by atoms with Crippen LogP contribution in [0.15, 0.2) is 40.8 Å². The number of aromatic hydroxyl groups is 1. The molecule has 3 rings (SSSR count). The van der Waals surface area contributed by atoms with Crippen molar-refractivity contribution < 1.29 is 19.0 Å². The highest BCUT2D eigenvalue weighted by Gasteiger charge is 2.18. The van der Waals surface area contributed by atoms with Crippen LogP contribution < -0.4 is 9.47 Å². The Balaban J connectivity index is 2.24. The summed E-state index contributed by atoms with van der Waals surface area (Å²) in [5.41, 5.74) is 1.81. The molecule has 0 unspecified atom stereocenters. The van der Waals surface area contributed by atoms with Crippen molar-refractivity contribution in [2.24, 2.45) is 0 Å². The number of hydrogen-bond acceptors (Lipinski definition) is 5. The molecule has 0 amide bonds. The molecule has 0 saturated heterocycles. The molecule has 1 heterocycles. The zero-order valence-electron chi connectivity index (χ0n) is 11.1. The molecule has 5 heteroatoms. The summed E-state index contributed by atoms with van der Waals surface area (Å²) in [6, 6.07) is 10.2. The molecule has 0 aliphatic carbocycles. The average molecular weight is 271 g/mol. The number of methoxy groups -OCH3 is 2. The van der Waals surface area contributed by atoms with Gasteiger partial charge in [0, 0.05) is 6.07 Å². The lowest BCUT2D eigenvalue weighted by molar-refractivity contribution is 0.394. The SMILES string of the molecule is COc1cccc(OC)c1-c1nc2cc(O)ccc2o1. The van der Waals surface area contributed by atoms with E-state index in [0.29, 0.717) is 34.1 Å². The maximum absolute atomic E-state index is 9.48. The highest BCUT2D eigenvalue weighted by molar-refractivity contribution is 5.80. The van der Waals surface area contributed by atoms with Gasteiger partial charge in [0.1, 0.15) is 28.3 Å². The van der Waals surface area contributed by atoms with Gasteiger partial charge in [-0.25, -0.2) is 4.98 Å². The monoisotopic (exact) mass is 271 g/mol. The zero-order valence-corrected chi connectivity index (χ0v) is 11.1. The Labute approximate surface area is 115 Å². The number of oxazole rings is 1. The van der Waals surface area contributed by atoms with Crippen molar-refractivity contribution in [3.8, 4) is 28.7 Å². The van der Waals surface area contributed by atoms with E-state index in [0.717, 1.165) is 0 Å². The molecular weight excluding hydrogens is 258 g/mol. The van der Waals surface area contributed by atoms with Gasteiger partial charge in [-0.2, -0.15) is 0 Å². The van der Waals surface area contributed by atoms with Crippen molar-refractivity contribution in [1.82, 2.24) is 4.98 Å². The first-order chi connectivity index (χ1) is 9.72. The fourth-order valence-electron chi connectivity index (χ4n) is 2.08. The number of rotatable bonds is 3. The second-order valence-electron chi connectivity index (χ2n) is 4.21. The molecule has 102 valence electrons. The Kier molecular flexibility index (Phi) is 2.95. The summed E-state index contributed by atoms with van der Waals surface area (Å²) in [5.74, 6) is 1.75. The molecule has 5 nitrogen and oxygen atoms in total. The molecule has 0 bridgehead atoms. The predicted octanol–water partition coefficient (Wildman–Crippen LogP) is 3.22. The minimum absolute atomic E-state index is 0.143. The predicted molar refractivity (Wildman–Crippen MR) is 74.2 cm³/mol. The smallest absolute Gasteiger partial charge is 0.234 e. The van der Waals surface area contributed by atoms with Gasteiger partial charge in [0.15, 0.2) is 5.58 Å². The quantitative estimate of drug-likeness (QED) is 0.792. The minimum atomic E-state index is 0.143. The second kappa shape index (κ2) is 4.77. The van der Waals surface area contributed by atoms with Crippen molar-refractivity contribution in [2.75, 3.05) is 14.2 Å². The van der Waals surface area contributed by atoms with Crippen LogP contribution in [0.25, 0.3) is 22.6 Å². The lowest BCUT2D eigenvalue weighted by Gasteiger charge is -2.09. The van der Waals surface area contributed by atoms with Crippen LogP contribution >= 0.6 is 0 Å². The van der Waals surface area contributed by atoms with E-state index in [-0.39, 0.29) is 5.75 Å². The van der Waals surface area contributed by atoms with E-state index in [1.165, 1.54) is 0 Å². The van der Waals surface area contributed by atoms with Gasteiger partial charge in [-0.3, -0.25) is 0 Å². The number of benzene rings is 2. The molecule has 0 aliphatic heterocycles. The largest absolute Gasteiger partial charge is 0.508 e. The number of fused-ring (bicyclic) bond motifs is 1. The Bertz CT molecular complexity index is 741. The topological polar surface area (TPSA) is 64.7 Å². The third-order valence-corrected chi connectivity index (χ3v) is 3.01. The van der Waals surface area contributed by atoms with Gasteiger partial charge in [-0.05, 0) is 24.3 Å². The number of hydrogen-bond donors (Lipinski definition) is 1. The summed E-state index contributed by atoms with van der Waals surface area (Å²) in [6.45, 7) is 0. The van der Waals surface area contributed by atoms with Gasteiger partial charge in [-0.15, -0.1) is 0 Å². The summed E-state index contributed by atoms with van der Waals surface area (Å²) in [7, 11) is 3.15. The van der Waals surface area contributed by atoms with Crippen LogP contribution in [0, 0.1) is 0 Å². The van der Waals surface area contributed by atoms with Crippen molar-refractivity contribution in [3.05, 3.63) is 36.4 Å². The van der Waals surface area contributed by atoms with Crippen molar-refractivity contribution in [1.29, 1.82) is 0 Å². The zero-order chi connectivity index (χ0) is 14.1. The first-order valence-corrected chi connectivity index (χ1v) is 6.04. The molecule has 1 aromatic heterocycles. The lowest BCUT2D eigenvalue weighted by atomic mass is 10.1. The molecular formula is C15H13NO4. The van der Waals surface area contributed by atoms with Crippen LogP contribution in [0.5, 0.6) is 17.2 Å². The normalized spacial score (nSPS) is 10.7. The van der Waals surface area contributed by atoms with E-state index in [1.807, 2.05) is 18.2 Å². The van der Waals surface area contributed by atoms with Crippen molar-refractivity contribution in [2.45, 2.75) is 0 Å². The molecule has 0 aliphatic rings. The fraction of sp³-hybridized carbons (Fsp3) is 0.133. The van der Waals surface area contributed by atoms with Gasteiger partial charge < -0.3 is 19.0 Å². The van der Waals surface area contributed by atoms with E-state index in [4.69, 9.17) is 13.9 Å². The Morgan fingerprint density at radius 3 is 2.40 bits per heavy atom. The standard InChI is InChI=1S/C15H13NO4/c1-18-12-4-3-5-13(19-2)14(12)15-16-10-8-9(17)6-7-11(10)20-15/h3-8,17H,1-2H3. The van der Waals surface area contributed by atoms with E-state index >= 15 is 0 Å². The Hall–Kier alpha value is -2.69. The molecule has 1 N–H and O–H groups in total. The lowest BCUT2D eigenvalue weighted by Crippen LogP contribution is -1.92. The van der Waals surface area contributed by atoms with Crippen molar-refractivity contribution in [3.63, 3.8) is 0 Å². The van der Waals surface area contributed by atoms with E-state index in [2.05, 4.69) is 4.98 Å². The van der Waals surface area contributed by atoms with Crippen molar-refractivity contribution >= 4 is 11.1 Å². The van der Waals surface area contributed by atoms with Crippen LogP contribution in [0.4, 0.5) is 0 Å². The summed E-state index contributed by atoms with van der Waals surface area (Å²) in [5, 5.41) is 9.48. The minimum Gasteiger partial charge on any atom is -0.508 e. The second-order valence-corrected chi connectivity index (χ2v) is 4.21. The Morgan fingerprint density at radius 1 is 1.05 bits per heavy atom. The third-order valence-electron chi connectivity index (χ3n) is 3.01. The highest BCUT2D eigenvalue weighted by atomic mass is 16.5. The molecule has 0 saturated carbocycles. The summed E-state index contributed by atoms with van der Waals surface area (Å²) in [4.78, 5) is 4.37. The molecule has 2 aromatic carbocycles. The maximum Gasteiger partial charge on any atom is 0.234 e. The van der Waals surface area contributed by atoms with E-state index in [1.54, 1.807) is 32.4 Å². The summed E-state index contributed by atoms with van der Waals surface area (Å²) in [6.07, 6.45) is 0. The van der Waals surface area contributed by atoms with Gasteiger partial charge in [0.25, 0.3) is 0 Å². The average Bonchev–Trinajstić information content (AvgIpc) is 2.88. The van der Waals surface area contributed by atoms with Gasteiger partial charge in [0.05, 0.1) is 14.2 Å². The number of phenolic OH excluding ortho intramolecular Hbond substituents is 1. The maximum atomic E-state index is 9.48. The number of phenols is 1. The number of ether oxygens (including phenoxy) is 2. The number of aromatic nitrogens is 1. The fourth-order valence-corrected chi connectivity index (χ4v) is 2.08. The first kappa shape index (κ1) is 12.3. The summed E-state index contributed by atoms with van der Waals surface area (Å²) >= 11 is 0. The summed E-state index contributed by atoms with van der Waals surface area (Å²) < 4.78 is 16.4. The van der Waals surface area contributed by atoms with Gasteiger partial charge in [0.2, 0.25) is 5.89 Å².